The summed E-state index contributed by atoms with van der Waals surface area (Å²) in [6, 6.07) is 7.44. The molecule has 0 aromatic heterocycles. The van der Waals surface area contributed by atoms with Gasteiger partial charge in [-0.2, -0.15) is 0 Å². The highest BCUT2D eigenvalue weighted by molar-refractivity contribution is 5.85. The van der Waals surface area contributed by atoms with Crippen LogP contribution in [0.2, 0.25) is 0 Å². The lowest BCUT2D eigenvalue weighted by Crippen LogP contribution is -2.34. The van der Waals surface area contributed by atoms with Crippen molar-refractivity contribution in [2.75, 3.05) is 7.11 Å². The van der Waals surface area contributed by atoms with Gasteiger partial charge in [-0.1, -0.05) is 18.6 Å². The van der Waals surface area contributed by atoms with E-state index in [2.05, 4.69) is 5.32 Å². The number of carbonyl (C=O) groups excluding carboxylic acids is 1. The third-order valence-corrected chi connectivity index (χ3v) is 3.77. The number of amides is 1. The molecule has 108 valence electrons. The van der Waals surface area contributed by atoms with Crippen molar-refractivity contribution >= 4 is 11.9 Å². The number of hydrogen-bond donors (Lipinski definition) is 2. The van der Waals surface area contributed by atoms with Crippen LogP contribution in [0, 0.1) is 11.8 Å². The highest BCUT2D eigenvalue weighted by atomic mass is 16.5. The molecule has 0 radical (unpaired) electrons. The molecule has 5 nitrogen and oxygen atoms in total. The highest BCUT2D eigenvalue weighted by Crippen LogP contribution is 2.32. The van der Waals surface area contributed by atoms with Gasteiger partial charge in [0.1, 0.15) is 5.75 Å². The topological polar surface area (TPSA) is 75.6 Å². The van der Waals surface area contributed by atoms with Gasteiger partial charge in [-0.15, -0.1) is 0 Å². The minimum absolute atomic E-state index is 0.169. The SMILES string of the molecule is COc1cccc(CNC(=O)[C@@H]2CCC[C@@H]2C(=O)O)c1. The minimum Gasteiger partial charge on any atom is -0.497 e. The second kappa shape index (κ2) is 6.41. The van der Waals surface area contributed by atoms with Gasteiger partial charge in [0.2, 0.25) is 5.91 Å². The lowest BCUT2D eigenvalue weighted by atomic mass is 9.95. The van der Waals surface area contributed by atoms with E-state index in [0.29, 0.717) is 19.4 Å². The zero-order valence-electron chi connectivity index (χ0n) is 11.5. The summed E-state index contributed by atoms with van der Waals surface area (Å²) < 4.78 is 5.12. The second-order valence-corrected chi connectivity index (χ2v) is 5.05. The molecule has 1 aromatic carbocycles. The van der Waals surface area contributed by atoms with E-state index < -0.39 is 17.8 Å². The lowest BCUT2D eigenvalue weighted by Gasteiger charge is -2.15. The first-order valence-electron chi connectivity index (χ1n) is 6.75. The lowest BCUT2D eigenvalue weighted by molar-refractivity contribution is -0.146. The quantitative estimate of drug-likeness (QED) is 0.860. The first-order chi connectivity index (χ1) is 9.61. The fourth-order valence-electron chi connectivity index (χ4n) is 2.67. The molecule has 0 saturated heterocycles. The van der Waals surface area contributed by atoms with Crippen molar-refractivity contribution in [1.82, 2.24) is 5.32 Å². The molecule has 1 fully saturated rings. The molecule has 1 aliphatic rings. The molecule has 0 aliphatic heterocycles. The van der Waals surface area contributed by atoms with E-state index in [1.165, 1.54) is 0 Å². The first kappa shape index (κ1) is 14.4. The smallest absolute Gasteiger partial charge is 0.307 e. The molecule has 2 atom stereocenters. The average Bonchev–Trinajstić information content (AvgIpc) is 2.94. The Morgan fingerprint density at radius 1 is 1.35 bits per heavy atom. The summed E-state index contributed by atoms with van der Waals surface area (Å²) in [4.78, 5) is 23.2. The Hall–Kier alpha value is -2.04. The summed E-state index contributed by atoms with van der Waals surface area (Å²) in [5, 5.41) is 11.9. The van der Waals surface area contributed by atoms with E-state index >= 15 is 0 Å². The molecule has 1 amide bonds. The summed E-state index contributed by atoms with van der Waals surface area (Å²) >= 11 is 0. The number of carbonyl (C=O) groups is 2. The molecule has 0 unspecified atom stereocenters. The molecule has 1 saturated carbocycles. The Morgan fingerprint density at radius 2 is 2.10 bits per heavy atom. The van der Waals surface area contributed by atoms with Crippen molar-refractivity contribution in [3.63, 3.8) is 0 Å². The Morgan fingerprint density at radius 3 is 2.80 bits per heavy atom. The van der Waals surface area contributed by atoms with Crippen LogP contribution in [0.1, 0.15) is 24.8 Å². The summed E-state index contributed by atoms with van der Waals surface area (Å²) in [6.07, 6.45) is 2.04. The maximum Gasteiger partial charge on any atom is 0.307 e. The standard InChI is InChI=1S/C15H19NO4/c1-20-11-5-2-4-10(8-11)9-16-14(17)12-6-3-7-13(12)15(18)19/h2,4-5,8,12-13H,3,6-7,9H2,1H3,(H,16,17)(H,18,19)/t12-,13+/m1/s1. The van der Waals surface area contributed by atoms with Crippen LogP contribution < -0.4 is 10.1 Å². The Balaban J connectivity index is 1.93. The van der Waals surface area contributed by atoms with Crippen molar-refractivity contribution in [1.29, 1.82) is 0 Å². The van der Waals surface area contributed by atoms with Crippen LogP contribution in [0.5, 0.6) is 5.75 Å². The molecular weight excluding hydrogens is 258 g/mol. The van der Waals surface area contributed by atoms with Crippen molar-refractivity contribution < 1.29 is 19.4 Å². The van der Waals surface area contributed by atoms with Crippen molar-refractivity contribution in [2.45, 2.75) is 25.8 Å². The summed E-state index contributed by atoms with van der Waals surface area (Å²) in [5.74, 6) is -1.25. The van der Waals surface area contributed by atoms with E-state index in [0.717, 1.165) is 17.7 Å². The Bertz CT molecular complexity index is 500. The number of carboxylic acid groups (broad SMARTS) is 1. The van der Waals surface area contributed by atoms with Crippen LogP contribution in [0.15, 0.2) is 24.3 Å². The fourth-order valence-corrected chi connectivity index (χ4v) is 2.67. The predicted octanol–water partition coefficient (Wildman–Crippen LogP) is 1.81. The Labute approximate surface area is 117 Å². The molecule has 0 bridgehead atoms. The van der Waals surface area contributed by atoms with Crippen LogP contribution >= 0.6 is 0 Å². The molecule has 5 heteroatoms. The van der Waals surface area contributed by atoms with Crippen molar-refractivity contribution in [3.05, 3.63) is 29.8 Å². The van der Waals surface area contributed by atoms with E-state index in [9.17, 15) is 9.59 Å². The van der Waals surface area contributed by atoms with Crippen LogP contribution in [-0.4, -0.2) is 24.1 Å². The molecule has 0 heterocycles. The maximum atomic E-state index is 12.1. The van der Waals surface area contributed by atoms with Gasteiger partial charge in [-0.3, -0.25) is 9.59 Å². The van der Waals surface area contributed by atoms with Crippen LogP contribution in [0.3, 0.4) is 0 Å². The zero-order chi connectivity index (χ0) is 14.5. The van der Waals surface area contributed by atoms with Gasteiger partial charge < -0.3 is 15.2 Å². The summed E-state index contributed by atoms with van der Waals surface area (Å²) in [6.45, 7) is 0.388. The summed E-state index contributed by atoms with van der Waals surface area (Å²) in [5.41, 5.74) is 0.933. The van der Waals surface area contributed by atoms with Gasteiger partial charge >= 0.3 is 5.97 Å². The molecular formula is C15H19NO4. The molecule has 2 rings (SSSR count). The monoisotopic (exact) mass is 277 g/mol. The van der Waals surface area contributed by atoms with Gasteiger partial charge in [0, 0.05) is 6.54 Å². The first-order valence-corrected chi connectivity index (χ1v) is 6.75. The van der Waals surface area contributed by atoms with E-state index in [1.54, 1.807) is 7.11 Å². The van der Waals surface area contributed by atoms with Gasteiger partial charge in [-0.25, -0.2) is 0 Å². The zero-order valence-corrected chi connectivity index (χ0v) is 11.5. The van der Waals surface area contributed by atoms with E-state index in [-0.39, 0.29) is 5.91 Å². The third kappa shape index (κ3) is 3.29. The Kier molecular flexibility index (Phi) is 4.61. The number of aliphatic carboxylic acids is 1. The second-order valence-electron chi connectivity index (χ2n) is 5.05. The van der Waals surface area contributed by atoms with Crippen LogP contribution in [0.4, 0.5) is 0 Å². The highest BCUT2D eigenvalue weighted by Gasteiger charge is 2.37. The number of carboxylic acids is 1. The summed E-state index contributed by atoms with van der Waals surface area (Å²) in [7, 11) is 1.59. The number of nitrogens with one attached hydrogen (secondary N) is 1. The largest absolute Gasteiger partial charge is 0.497 e. The number of ether oxygens (including phenoxy) is 1. The molecule has 20 heavy (non-hydrogen) atoms. The maximum absolute atomic E-state index is 12.1. The average molecular weight is 277 g/mol. The van der Waals surface area contributed by atoms with E-state index in [4.69, 9.17) is 9.84 Å². The number of methoxy groups -OCH3 is 1. The fraction of sp³-hybridized carbons (Fsp3) is 0.467. The third-order valence-electron chi connectivity index (χ3n) is 3.77. The molecule has 1 aromatic rings. The van der Waals surface area contributed by atoms with Gasteiger partial charge in [0.05, 0.1) is 18.9 Å². The van der Waals surface area contributed by atoms with Gasteiger partial charge in [0.25, 0.3) is 0 Å². The van der Waals surface area contributed by atoms with Crippen molar-refractivity contribution in [2.24, 2.45) is 11.8 Å². The van der Waals surface area contributed by atoms with Crippen molar-refractivity contribution in [3.8, 4) is 5.75 Å². The number of benzene rings is 1. The van der Waals surface area contributed by atoms with E-state index in [1.807, 2.05) is 24.3 Å². The van der Waals surface area contributed by atoms with Crippen LogP contribution in [0.25, 0.3) is 0 Å². The van der Waals surface area contributed by atoms with Crippen LogP contribution in [-0.2, 0) is 16.1 Å². The number of rotatable bonds is 5. The molecule has 2 N–H and O–H groups in total. The van der Waals surface area contributed by atoms with Gasteiger partial charge in [0.15, 0.2) is 0 Å². The number of hydrogen-bond acceptors (Lipinski definition) is 3. The normalized spacial score (nSPS) is 21.4. The molecule has 0 spiro atoms. The molecule has 1 aliphatic carbocycles. The van der Waals surface area contributed by atoms with Gasteiger partial charge in [-0.05, 0) is 30.5 Å². The predicted molar refractivity (Wildman–Crippen MR) is 73.3 cm³/mol. The minimum atomic E-state index is -0.871.